The van der Waals surface area contributed by atoms with E-state index in [1.165, 1.54) is 53.5 Å². The molecule has 3 aromatic rings. The Balaban J connectivity index is 1.55. The topological polar surface area (TPSA) is 0 Å². The highest BCUT2D eigenvalue weighted by Gasteiger charge is 2.43. The molecule has 0 heterocycles. The van der Waals surface area contributed by atoms with Gasteiger partial charge in [0.2, 0.25) is 0 Å². The minimum Gasteiger partial charge on any atom is -0.0723 e. The molecular weight excluding hydrogens is 360 g/mol. The lowest BCUT2D eigenvalue weighted by Crippen LogP contribution is -2.35. The first-order valence-corrected chi connectivity index (χ1v) is 11.5. The van der Waals surface area contributed by atoms with Crippen LogP contribution in [0.15, 0.2) is 97.1 Å². The third-order valence-electron chi connectivity index (χ3n) is 7.65. The van der Waals surface area contributed by atoms with Gasteiger partial charge in [-0.2, -0.15) is 0 Å². The Morgan fingerprint density at radius 1 is 0.600 bits per heavy atom. The molecule has 148 valence electrons. The highest BCUT2D eigenvalue weighted by molar-refractivity contribution is 5.85. The van der Waals surface area contributed by atoms with Crippen LogP contribution in [0.2, 0.25) is 0 Å². The summed E-state index contributed by atoms with van der Waals surface area (Å²) in [5.41, 5.74) is 8.77. The molecule has 0 spiro atoms. The first-order chi connectivity index (χ1) is 14.9. The lowest BCUT2D eigenvalue weighted by atomic mass is 9.57. The minimum absolute atomic E-state index is 0.489. The van der Waals surface area contributed by atoms with Gasteiger partial charge in [0, 0.05) is 5.92 Å². The summed E-state index contributed by atoms with van der Waals surface area (Å²) >= 11 is 0. The number of hydrogen-bond acceptors (Lipinski definition) is 0. The average molecular weight is 389 g/mol. The van der Waals surface area contributed by atoms with E-state index in [2.05, 4.69) is 97.1 Å². The van der Waals surface area contributed by atoms with Crippen molar-refractivity contribution in [3.05, 3.63) is 119 Å². The van der Waals surface area contributed by atoms with Crippen molar-refractivity contribution >= 4 is 11.1 Å². The van der Waals surface area contributed by atoms with Crippen LogP contribution in [0.25, 0.3) is 11.1 Å². The third kappa shape index (κ3) is 2.89. The van der Waals surface area contributed by atoms with E-state index < -0.39 is 0 Å². The fourth-order valence-electron chi connectivity index (χ4n) is 6.35. The number of benzene rings is 3. The number of hydrogen-bond donors (Lipinski definition) is 0. The van der Waals surface area contributed by atoms with Gasteiger partial charge >= 0.3 is 0 Å². The summed E-state index contributed by atoms with van der Waals surface area (Å²) in [6, 6.07) is 31.3. The van der Waals surface area contributed by atoms with Gasteiger partial charge in [-0.15, -0.1) is 0 Å². The van der Waals surface area contributed by atoms with Crippen LogP contribution in [-0.2, 0) is 0 Å². The normalized spacial score (nSPS) is 27.2. The van der Waals surface area contributed by atoms with Crippen LogP contribution in [0, 0.1) is 17.8 Å². The van der Waals surface area contributed by atoms with Crippen LogP contribution >= 0.6 is 0 Å². The second kappa shape index (κ2) is 7.43. The molecule has 3 aliphatic carbocycles. The molecular formula is C30H28. The summed E-state index contributed by atoms with van der Waals surface area (Å²) in [5, 5.41) is 0. The monoisotopic (exact) mass is 388 g/mol. The Kier molecular flexibility index (Phi) is 4.45. The van der Waals surface area contributed by atoms with Gasteiger partial charge in [-0.1, -0.05) is 110 Å². The third-order valence-corrected chi connectivity index (χ3v) is 7.65. The Hall–Kier alpha value is -2.86. The molecule has 3 aliphatic rings. The average Bonchev–Trinajstić information content (AvgIpc) is 2.84. The zero-order valence-corrected chi connectivity index (χ0v) is 17.4. The summed E-state index contributed by atoms with van der Waals surface area (Å²) in [4.78, 5) is 0. The zero-order valence-electron chi connectivity index (χ0n) is 17.4. The maximum Gasteiger partial charge on any atom is 0.00962 e. The smallest absolute Gasteiger partial charge is 0.00962 e. The molecule has 0 aliphatic heterocycles. The van der Waals surface area contributed by atoms with Crippen molar-refractivity contribution < 1.29 is 0 Å². The van der Waals surface area contributed by atoms with Crippen LogP contribution in [0.4, 0.5) is 0 Å². The van der Waals surface area contributed by atoms with Gasteiger partial charge in [-0.3, -0.25) is 0 Å². The van der Waals surface area contributed by atoms with E-state index in [0.717, 1.165) is 5.92 Å². The molecule has 4 atom stereocenters. The summed E-state index contributed by atoms with van der Waals surface area (Å²) in [6.07, 6.45) is 10.7. The van der Waals surface area contributed by atoms with E-state index in [1.807, 2.05) is 0 Å². The molecule has 0 amide bonds. The number of fused-ring (bicyclic) bond motifs is 5. The first-order valence-electron chi connectivity index (χ1n) is 11.5. The van der Waals surface area contributed by atoms with Crippen molar-refractivity contribution in [3.63, 3.8) is 0 Å². The van der Waals surface area contributed by atoms with Crippen LogP contribution in [-0.4, -0.2) is 0 Å². The summed E-state index contributed by atoms with van der Waals surface area (Å²) < 4.78 is 0. The molecule has 0 aromatic heterocycles. The van der Waals surface area contributed by atoms with Gasteiger partial charge in [0.1, 0.15) is 0 Å². The lowest BCUT2D eigenvalue weighted by molar-refractivity contribution is 0.207. The maximum absolute atomic E-state index is 2.64. The van der Waals surface area contributed by atoms with Crippen LogP contribution in [0.1, 0.15) is 53.9 Å². The zero-order chi connectivity index (χ0) is 19.9. The lowest BCUT2D eigenvalue weighted by Gasteiger charge is -2.47. The summed E-state index contributed by atoms with van der Waals surface area (Å²) in [5.74, 6) is 2.54. The molecule has 0 radical (unpaired) electrons. The SMILES string of the molecule is C1=C(c2ccccc2)c2ccccc2[C@H]2C=C(c3ccccc3)[C@H]3CCCC[C@@H]3[C@@H]12. The van der Waals surface area contributed by atoms with E-state index in [1.54, 1.807) is 5.57 Å². The number of rotatable bonds is 2. The van der Waals surface area contributed by atoms with E-state index >= 15 is 0 Å². The molecule has 30 heavy (non-hydrogen) atoms. The Bertz CT molecular complexity index is 1100. The van der Waals surface area contributed by atoms with Gasteiger partial charge in [0.05, 0.1) is 0 Å². The van der Waals surface area contributed by atoms with Crippen LogP contribution < -0.4 is 0 Å². The highest BCUT2D eigenvalue weighted by Crippen LogP contribution is 2.56. The Morgan fingerprint density at radius 3 is 2.07 bits per heavy atom. The van der Waals surface area contributed by atoms with Crippen molar-refractivity contribution in [1.29, 1.82) is 0 Å². The molecule has 1 fully saturated rings. The molecule has 0 nitrogen and oxygen atoms in total. The molecule has 0 N–H and O–H groups in total. The molecule has 1 saturated carbocycles. The second-order valence-electron chi connectivity index (χ2n) is 9.18. The predicted molar refractivity (Wildman–Crippen MR) is 126 cm³/mol. The quantitative estimate of drug-likeness (QED) is 0.421. The van der Waals surface area contributed by atoms with Crippen molar-refractivity contribution in [2.75, 3.05) is 0 Å². The van der Waals surface area contributed by atoms with E-state index in [9.17, 15) is 0 Å². The molecule has 0 bridgehead atoms. The van der Waals surface area contributed by atoms with Crippen LogP contribution in [0.3, 0.4) is 0 Å². The second-order valence-corrected chi connectivity index (χ2v) is 9.18. The largest absolute Gasteiger partial charge is 0.0723 e. The minimum atomic E-state index is 0.489. The van der Waals surface area contributed by atoms with Gasteiger partial charge in [0.15, 0.2) is 0 Å². The fraction of sp³-hybridized carbons (Fsp3) is 0.267. The first kappa shape index (κ1) is 18.0. The molecule has 0 heteroatoms. The van der Waals surface area contributed by atoms with Gasteiger partial charge in [-0.25, -0.2) is 0 Å². The van der Waals surface area contributed by atoms with Crippen molar-refractivity contribution in [2.24, 2.45) is 17.8 Å². The molecule has 0 saturated heterocycles. The van der Waals surface area contributed by atoms with E-state index in [0.29, 0.717) is 17.8 Å². The van der Waals surface area contributed by atoms with E-state index in [4.69, 9.17) is 0 Å². The van der Waals surface area contributed by atoms with Crippen molar-refractivity contribution in [3.8, 4) is 0 Å². The van der Waals surface area contributed by atoms with Gasteiger partial charge in [0.25, 0.3) is 0 Å². The van der Waals surface area contributed by atoms with Crippen molar-refractivity contribution in [2.45, 2.75) is 31.6 Å². The predicted octanol–water partition coefficient (Wildman–Crippen LogP) is 7.74. The van der Waals surface area contributed by atoms with E-state index in [-0.39, 0.29) is 0 Å². The highest BCUT2D eigenvalue weighted by atomic mass is 14.5. The Morgan fingerprint density at radius 2 is 1.27 bits per heavy atom. The van der Waals surface area contributed by atoms with Crippen molar-refractivity contribution in [1.82, 2.24) is 0 Å². The molecule has 6 rings (SSSR count). The maximum atomic E-state index is 2.64. The molecule has 0 unspecified atom stereocenters. The van der Waals surface area contributed by atoms with Gasteiger partial charge in [-0.05, 0) is 64.0 Å². The summed E-state index contributed by atoms with van der Waals surface area (Å²) in [6.45, 7) is 0. The van der Waals surface area contributed by atoms with Crippen LogP contribution in [0.5, 0.6) is 0 Å². The standard InChI is InChI=1S/C30H28/c1-3-11-21(12-4-1)27-19-29-26-18-10-8-16-24(26)28(22-13-5-2-6-14-22)20-30(29)25-17-9-7-15-23(25)27/h1-7,9,11-15,17,19-20,24,26,29-30H,8,10,16,18H2/t24-,26-,29+,30+/m0/s1. The van der Waals surface area contributed by atoms with Gasteiger partial charge < -0.3 is 0 Å². The Labute approximate surface area is 180 Å². The fourth-order valence-corrected chi connectivity index (χ4v) is 6.35. The summed E-state index contributed by atoms with van der Waals surface area (Å²) in [7, 11) is 0. The number of allylic oxidation sites excluding steroid dienone is 3. The molecule has 3 aromatic carbocycles.